The van der Waals surface area contributed by atoms with Crippen molar-refractivity contribution in [2.45, 2.75) is 25.5 Å². The molecule has 1 aliphatic heterocycles. The van der Waals surface area contributed by atoms with Crippen LogP contribution in [0.15, 0.2) is 24.3 Å². The summed E-state index contributed by atoms with van der Waals surface area (Å²) < 4.78 is 10.9. The van der Waals surface area contributed by atoms with Crippen molar-refractivity contribution in [2.24, 2.45) is 0 Å². The summed E-state index contributed by atoms with van der Waals surface area (Å²) in [6, 6.07) is 8.56. The van der Waals surface area contributed by atoms with E-state index in [4.69, 9.17) is 9.47 Å². The maximum Gasteiger partial charge on any atom is 0.119 e. The number of rotatable bonds is 5. The Labute approximate surface area is 96.8 Å². The van der Waals surface area contributed by atoms with Gasteiger partial charge in [-0.25, -0.2) is 0 Å². The Hall–Kier alpha value is -1.06. The molecule has 3 heteroatoms. The number of hydrogen-bond donors (Lipinski definition) is 1. The van der Waals surface area contributed by atoms with Gasteiger partial charge in [-0.3, -0.25) is 0 Å². The molecule has 0 amide bonds. The van der Waals surface area contributed by atoms with Crippen LogP contribution < -0.4 is 10.1 Å². The van der Waals surface area contributed by atoms with Gasteiger partial charge in [-0.05, 0) is 37.1 Å². The maximum atomic E-state index is 5.69. The Balaban J connectivity index is 1.75. The van der Waals surface area contributed by atoms with E-state index in [0.717, 1.165) is 24.5 Å². The molecular weight excluding hydrogens is 202 g/mol. The lowest BCUT2D eigenvalue weighted by Gasteiger charge is -2.11. The van der Waals surface area contributed by atoms with Crippen molar-refractivity contribution in [2.75, 3.05) is 20.3 Å². The summed E-state index contributed by atoms with van der Waals surface area (Å²) in [7, 11) is 1.68. The number of hydrogen-bond acceptors (Lipinski definition) is 3. The maximum absolute atomic E-state index is 5.69. The van der Waals surface area contributed by atoms with E-state index in [1.807, 2.05) is 18.2 Å². The highest BCUT2D eigenvalue weighted by Gasteiger charge is 2.13. The number of benzene rings is 1. The summed E-state index contributed by atoms with van der Waals surface area (Å²) in [4.78, 5) is 0. The first kappa shape index (κ1) is 11.4. The first-order valence-electron chi connectivity index (χ1n) is 5.82. The second-order valence-electron chi connectivity index (χ2n) is 4.16. The average Bonchev–Trinajstić information content (AvgIpc) is 2.82. The van der Waals surface area contributed by atoms with Crippen LogP contribution in [0.25, 0.3) is 0 Å². The zero-order valence-electron chi connectivity index (χ0n) is 9.74. The lowest BCUT2D eigenvalue weighted by Crippen LogP contribution is -2.26. The van der Waals surface area contributed by atoms with Gasteiger partial charge in [-0.2, -0.15) is 0 Å². The molecule has 1 saturated heterocycles. The molecule has 0 unspecified atom stereocenters. The van der Waals surface area contributed by atoms with Gasteiger partial charge in [-0.1, -0.05) is 12.1 Å². The largest absolute Gasteiger partial charge is 0.497 e. The molecule has 2 rings (SSSR count). The summed E-state index contributed by atoms with van der Waals surface area (Å²) in [6.45, 7) is 2.60. The van der Waals surface area contributed by atoms with Crippen LogP contribution in [-0.2, 0) is 11.3 Å². The third kappa shape index (κ3) is 3.22. The van der Waals surface area contributed by atoms with E-state index >= 15 is 0 Å². The number of methoxy groups -OCH3 is 1. The van der Waals surface area contributed by atoms with Crippen molar-refractivity contribution < 1.29 is 9.47 Å². The molecule has 0 bridgehead atoms. The minimum atomic E-state index is 0.547. The summed E-state index contributed by atoms with van der Waals surface area (Å²) in [5, 5.41) is 3.42. The average molecular weight is 221 g/mol. The van der Waals surface area contributed by atoms with E-state index < -0.39 is 0 Å². The fourth-order valence-corrected chi connectivity index (χ4v) is 1.98. The monoisotopic (exact) mass is 221 g/mol. The lowest BCUT2D eigenvalue weighted by molar-refractivity contribution is 0.103. The quantitative estimate of drug-likeness (QED) is 0.824. The van der Waals surface area contributed by atoms with E-state index in [1.165, 1.54) is 12.8 Å². The third-order valence-electron chi connectivity index (χ3n) is 2.88. The van der Waals surface area contributed by atoms with Crippen molar-refractivity contribution >= 4 is 0 Å². The summed E-state index contributed by atoms with van der Waals surface area (Å²) >= 11 is 0. The summed E-state index contributed by atoms with van der Waals surface area (Å²) in [6.07, 6.45) is 2.51. The van der Waals surface area contributed by atoms with Gasteiger partial charge in [0.1, 0.15) is 5.75 Å². The Morgan fingerprint density at radius 1 is 1.44 bits per heavy atom. The predicted octanol–water partition coefficient (Wildman–Crippen LogP) is 1.96. The van der Waals surface area contributed by atoms with E-state index in [0.29, 0.717) is 12.6 Å². The standard InChI is InChI=1S/C13H19NO2/c1-15-13-6-2-4-11(8-13)9-16-10-12-5-3-7-14-12/h2,4,6,8,12,14H,3,5,7,9-10H2,1H3/t12-/m1/s1. The zero-order chi connectivity index (χ0) is 11.2. The highest BCUT2D eigenvalue weighted by atomic mass is 16.5. The van der Waals surface area contributed by atoms with Crippen LogP contribution in [0.4, 0.5) is 0 Å². The van der Waals surface area contributed by atoms with E-state index in [9.17, 15) is 0 Å². The van der Waals surface area contributed by atoms with E-state index in [-0.39, 0.29) is 0 Å². The molecule has 3 nitrogen and oxygen atoms in total. The highest BCUT2D eigenvalue weighted by Crippen LogP contribution is 2.13. The first-order chi connectivity index (χ1) is 7.88. The molecule has 88 valence electrons. The first-order valence-corrected chi connectivity index (χ1v) is 5.82. The van der Waals surface area contributed by atoms with Gasteiger partial charge in [0.25, 0.3) is 0 Å². The fourth-order valence-electron chi connectivity index (χ4n) is 1.98. The van der Waals surface area contributed by atoms with Gasteiger partial charge in [-0.15, -0.1) is 0 Å². The van der Waals surface area contributed by atoms with Gasteiger partial charge < -0.3 is 14.8 Å². The topological polar surface area (TPSA) is 30.5 Å². The van der Waals surface area contributed by atoms with Gasteiger partial charge in [0.05, 0.1) is 20.3 Å². The molecular formula is C13H19NO2. The van der Waals surface area contributed by atoms with E-state index in [2.05, 4.69) is 11.4 Å². The van der Waals surface area contributed by atoms with Crippen molar-refractivity contribution in [3.8, 4) is 5.75 Å². The Morgan fingerprint density at radius 3 is 3.12 bits per heavy atom. The van der Waals surface area contributed by atoms with Crippen molar-refractivity contribution in [1.29, 1.82) is 0 Å². The molecule has 0 saturated carbocycles. The normalized spacial score (nSPS) is 19.9. The Kier molecular flexibility index (Phi) is 4.19. The molecule has 0 radical (unpaired) electrons. The van der Waals surface area contributed by atoms with Crippen LogP contribution in [0.1, 0.15) is 18.4 Å². The van der Waals surface area contributed by atoms with Crippen LogP contribution in [-0.4, -0.2) is 26.3 Å². The summed E-state index contributed by atoms with van der Waals surface area (Å²) in [5.74, 6) is 0.889. The highest BCUT2D eigenvalue weighted by molar-refractivity contribution is 5.27. The van der Waals surface area contributed by atoms with E-state index in [1.54, 1.807) is 7.11 Å². The van der Waals surface area contributed by atoms with Crippen molar-refractivity contribution in [1.82, 2.24) is 5.32 Å². The van der Waals surface area contributed by atoms with Crippen LogP contribution in [0.3, 0.4) is 0 Å². The fraction of sp³-hybridized carbons (Fsp3) is 0.538. The van der Waals surface area contributed by atoms with Gasteiger partial charge in [0.2, 0.25) is 0 Å². The molecule has 0 spiro atoms. The van der Waals surface area contributed by atoms with Gasteiger partial charge in [0.15, 0.2) is 0 Å². The molecule has 1 aromatic carbocycles. The molecule has 1 atom stereocenters. The molecule has 0 aromatic heterocycles. The number of ether oxygens (including phenoxy) is 2. The molecule has 0 aliphatic carbocycles. The Bertz CT molecular complexity index is 321. The molecule has 1 aliphatic rings. The van der Waals surface area contributed by atoms with Crippen LogP contribution in [0, 0.1) is 0 Å². The molecule has 1 heterocycles. The minimum absolute atomic E-state index is 0.547. The lowest BCUT2D eigenvalue weighted by atomic mass is 10.2. The molecule has 1 N–H and O–H groups in total. The van der Waals surface area contributed by atoms with Gasteiger partial charge in [0, 0.05) is 6.04 Å². The smallest absolute Gasteiger partial charge is 0.119 e. The SMILES string of the molecule is COc1cccc(COC[C@H]2CCCN2)c1. The second kappa shape index (κ2) is 5.87. The third-order valence-corrected chi connectivity index (χ3v) is 2.88. The van der Waals surface area contributed by atoms with Crippen molar-refractivity contribution in [3.05, 3.63) is 29.8 Å². The zero-order valence-corrected chi connectivity index (χ0v) is 9.74. The Morgan fingerprint density at radius 2 is 2.38 bits per heavy atom. The van der Waals surface area contributed by atoms with Crippen LogP contribution >= 0.6 is 0 Å². The summed E-state index contributed by atoms with van der Waals surface area (Å²) in [5.41, 5.74) is 1.16. The predicted molar refractivity (Wildman–Crippen MR) is 63.7 cm³/mol. The molecule has 1 fully saturated rings. The van der Waals surface area contributed by atoms with Crippen molar-refractivity contribution in [3.63, 3.8) is 0 Å². The van der Waals surface area contributed by atoms with Crippen LogP contribution in [0.5, 0.6) is 5.75 Å². The number of nitrogens with one attached hydrogen (secondary N) is 1. The minimum Gasteiger partial charge on any atom is -0.497 e. The van der Waals surface area contributed by atoms with Gasteiger partial charge >= 0.3 is 0 Å². The molecule has 1 aromatic rings. The van der Waals surface area contributed by atoms with Crippen LogP contribution in [0.2, 0.25) is 0 Å². The molecule has 16 heavy (non-hydrogen) atoms. The second-order valence-corrected chi connectivity index (χ2v) is 4.16.